The van der Waals surface area contributed by atoms with Gasteiger partial charge in [-0.1, -0.05) is 20.8 Å². The lowest BCUT2D eigenvalue weighted by molar-refractivity contribution is 0.171. The minimum atomic E-state index is 0.683. The quantitative estimate of drug-likeness (QED) is 0.800. The fraction of sp³-hybridized carbons (Fsp3) is 0.737. The standard InChI is InChI=1S/C19H32N2/c1-6-15-13-17(7-2)20-18(8-3)19(15)16-9-11-21(12-10-16)14(4)5/h13-14,16H,6-12H2,1-5H3. The van der Waals surface area contributed by atoms with Crippen LogP contribution in [0.3, 0.4) is 0 Å². The summed E-state index contributed by atoms with van der Waals surface area (Å²) in [4.78, 5) is 7.55. The molecule has 2 heterocycles. The highest BCUT2D eigenvalue weighted by Crippen LogP contribution is 2.34. The predicted molar refractivity (Wildman–Crippen MR) is 91.1 cm³/mol. The molecule has 118 valence electrons. The molecule has 2 nitrogen and oxygen atoms in total. The Morgan fingerprint density at radius 3 is 2.24 bits per heavy atom. The van der Waals surface area contributed by atoms with E-state index in [0.29, 0.717) is 6.04 Å². The maximum Gasteiger partial charge on any atom is 0.0441 e. The first-order valence-electron chi connectivity index (χ1n) is 8.86. The summed E-state index contributed by atoms with van der Waals surface area (Å²) in [6.45, 7) is 13.9. The molecule has 1 fully saturated rings. The lowest BCUT2D eigenvalue weighted by atomic mass is 9.83. The predicted octanol–water partition coefficient (Wildman–Crippen LogP) is 4.36. The summed E-state index contributed by atoms with van der Waals surface area (Å²) >= 11 is 0. The molecule has 1 saturated heterocycles. The SMILES string of the molecule is CCc1cc(CC)c(C2CCN(C(C)C)CC2)c(CC)n1. The summed E-state index contributed by atoms with van der Waals surface area (Å²) in [5, 5.41) is 0. The number of hydrogen-bond donors (Lipinski definition) is 0. The van der Waals surface area contributed by atoms with E-state index in [2.05, 4.69) is 45.6 Å². The summed E-state index contributed by atoms with van der Waals surface area (Å²) in [5.74, 6) is 0.725. The number of aryl methyl sites for hydroxylation is 3. The molecule has 1 aliphatic heterocycles. The molecular weight excluding hydrogens is 256 g/mol. The Hall–Kier alpha value is -0.890. The van der Waals surface area contributed by atoms with Gasteiger partial charge in [-0.25, -0.2) is 0 Å². The Morgan fingerprint density at radius 2 is 1.76 bits per heavy atom. The monoisotopic (exact) mass is 288 g/mol. The van der Waals surface area contributed by atoms with Gasteiger partial charge < -0.3 is 4.90 Å². The Morgan fingerprint density at radius 1 is 1.10 bits per heavy atom. The molecule has 0 bridgehead atoms. The Kier molecular flexibility index (Phi) is 5.80. The van der Waals surface area contributed by atoms with Crippen molar-refractivity contribution < 1.29 is 0 Å². The normalized spacial score (nSPS) is 17.6. The second-order valence-electron chi connectivity index (χ2n) is 6.60. The van der Waals surface area contributed by atoms with Gasteiger partial charge in [-0.05, 0) is 82.2 Å². The van der Waals surface area contributed by atoms with Crippen molar-refractivity contribution in [2.75, 3.05) is 13.1 Å². The maximum absolute atomic E-state index is 4.93. The molecule has 1 aromatic heterocycles. The highest BCUT2D eigenvalue weighted by atomic mass is 15.1. The zero-order valence-electron chi connectivity index (χ0n) is 14.6. The van der Waals surface area contributed by atoms with Crippen LogP contribution in [0.25, 0.3) is 0 Å². The highest BCUT2D eigenvalue weighted by Gasteiger charge is 2.25. The zero-order valence-corrected chi connectivity index (χ0v) is 14.6. The smallest absolute Gasteiger partial charge is 0.0441 e. The topological polar surface area (TPSA) is 16.1 Å². The average molecular weight is 288 g/mol. The number of nitrogens with zero attached hydrogens (tertiary/aromatic N) is 2. The summed E-state index contributed by atoms with van der Waals surface area (Å²) in [7, 11) is 0. The molecule has 2 heteroatoms. The molecule has 0 atom stereocenters. The van der Waals surface area contributed by atoms with Crippen molar-refractivity contribution >= 4 is 0 Å². The molecule has 0 unspecified atom stereocenters. The molecule has 0 N–H and O–H groups in total. The van der Waals surface area contributed by atoms with Crippen LogP contribution in [0, 0.1) is 0 Å². The fourth-order valence-electron chi connectivity index (χ4n) is 3.68. The number of likely N-dealkylation sites (tertiary alicyclic amines) is 1. The van der Waals surface area contributed by atoms with Crippen LogP contribution in [0.1, 0.15) is 75.9 Å². The van der Waals surface area contributed by atoms with Gasteiger partial charge in [-0.3, -0.25) is 4.98 Å². The van der Waals surface area contributed by atoms with Gasteiger partial charge in [0.2, 0.25) is 0 Å². The van der Waals surface area contributed by atoms with E-state index in [-0.39, 0.29) is 0 Å². The van der Waals surface area contributed by atoms with E-state index < -0.39 is 0 Å². The fourth-order valence-corrected chi connectivity index (χ4v) is 3.68. The summed E-state index contributed by atoms with van der Waals surface area (Å²) in [5.41, 5.74) is 5.79. The van der Waals surface area contributed by atoms with E-state index in [9.17, 15) is 0 Å². The second-order valence-corrected chi connectivity index (χ2v) is 6.60. The lowest BCUT2D eigenvalue weighted by Crippen LogP contribution is -2.38. The van der Waals surface area contributed by atoms with E-state index in [4.69, 9.17) is 4.98 Å². The highest BCUT2D eigenvalue weighted by molar-refractivity contribution is 5.36. The van der Waals surface area contributed by atoms with E-state index >= 15 is 0 Å². The molecular formula is C19H32N2. The first kappa shape index (κ1) is 16.5. The van der Waals surface area contributed by atoms with Crippen LogP contribution in [0.15, 0.2) is 6.07 Å². The van der Waals surface area contributed by atoms with Crippen molar-refractivity contribution in [3.63, 3.8) is 0 Å². The van der Waals surface area contributed by atoms with Crippen LogP contribution >= 0.6 is 0 Å². The number of piperidine rings is 1. The number of rotatable bonds is 5. The van der Waals surface area contributed by atoms with Crippen LogP contribution in [0.4, 0.5) is 0 Å². The van der Waals surface area contributed by atoms with Gasteiger partial charge in [-0.2, -0.15) is 0 Å². The molecule has 0 radical (unpaired) electrons. The van der Waals surface area contributed by atoms with Crippen LogP contribution in [-0.2, 0) is 19.3 Å². The molecule has 1 aromatic rings. The van der Waals surface area contributed by atoms with E-state index in [1.807, 2.05) is 0 Å². The zero-order chi connectivity index (χ0) is 15.4. The van der Waals surface area contributed by atoms with Gasteiger partial charge in [0.25, 0.3) is 0 Å². The van der Waals surface area contributed by atoms with Gasteiger partial charge in [0.1, 0.15) is 0 Å². The average Bonchev–Trinajstić information content (AvgIpc) is 2.53. The molecule has 0 aromatic carbocycles. The molecule has 0 spiro atoms. The van der Waals surface area contributed by atoms with Gasteiger partial charge >= 0.3 is 0 Å². The molecule has 0 amide bonds. The third-order valence-electron chi connectivity index (χ3n) is 5.02. The lowest BCUT2D eigenvalue weighted by Gasteiger charge is -2.36. The van der Waals surface area contributed by atoms with E-state index in [1.165, 1.54) is 37.3 Å². The van der Waals surface area contributed by atoms with E-state index in [1.54, 1.807) is 11.1 Å². The molecule has 0 aliphatic carbocycles. The second kappa shape index (κ2) is 7.40. The summed E-state index contributed by atoms with van der Waals surface area (Å²) < 4.78 is 0. The van der Waals surface area contributed by atoms with Crippen molar-refractivity contribution in [3.05, 3.63) is 28.6 Å². The van der Waals surface area contributed by atoms with Crippen LogP contribution in [0.5, 0.6) is 0 Å². The third kappa shape index (κ3) is 3.66. The third-order valence-corrected chi connectivity index (χ3v) is 5.02. The van der Waals surface area contributed by atoms with Gasteiger partial charge in [0.15, 0.2) is 0 Å². The Bertz CT molecular complexity index is 432. The minimum absolute atomic E-state index is 0.683. The molecule has 21 heavy (non-hydrogen) atoms. The number of hydrogen-bond acceptors (Lipinski definition) is 2. The summed E-state index contributed by atoms with van der Waals surface area (Å²) in [6, 6.07) is 3.05. The van der Waals surface area contributed by atoms with Crippen LogP contribution in [-0.4, -0.2) is 29.0 Å². The molecule has 1 aliphatic rings. The number of pyridine rings is 1. The van der Waals surface area contributed by atoms with Gasteiger partial charge in [-0.15, -0.1) is 0 Å². The van der Waals surface area contributed by atoms with Gasteiger partial charge in [0, 0.05) is 17.4 Å². The van der Waals surface area contributed by atoms with Crippen LogP contribution < -0.4 is 0 Å². The largest absolute Gasteiger partial charge is 0.301 e. The Labute approximate surface area is 131 Å². The van der Waals surface area contributed by atoms with Crippen molar-refractivity contribution in [2.24, 2.45) is 0 Å². The van der Waals surface area contributed by atoms with Gasteiger partial charge in [0.05, 0.1) is 0 Å². The summed E-state index contributed by atoms with van der Waals surface area (Å²) in [6.07, 6.45) is 5.85. The Balaban J connectivity index is 2.27. The maximum atomic E-state index is 4.93. The minimum Gasteiger partial charge on any atom is -0.301 e. The van der Waals surface area contributed by atoms with Crippen molar-refractivity contribution in [3.8, 4) is 0 Å². The first-order chi connectivity index (χ1) is 10.1. The molecule has 0 saturated carbocycles. The van der Waals surface area contributed by atoms with Crippen molar-refractivity contribution in [1.82, 2.24) is 9.88 Å². The molecule has 2 rings (SSSR count). The number of aromatic nitrogens is 1. The first-order valence-corrected chi connectivity index (χ1v) is 8.86. The van der Waals surface area contributed by atoms with Crippen molar-refractivity contribution in [1.29, 1.82) is 0 Å². The van der Waals surface area contributed by atoms with Crippen molar-refractivity contribution in [2.45, 2.75) is 78.7 Å². The van der Waals surface area contributed by atoms with E-state index in [0.717, 1.165) is 25.2 Å². The van der Waals surface area contributed by atoms with Crippen LogP contribution in [0.2, 0.25) is 0 Å².